The number of primary amides is 1. The second-order valence-electron chi connectivity index (χ2n) is 5.21. The Morgan fingerprint density at radius 3 is 3.05 bits per heavy atom. The number of amides is 1. The predicted octanol–water partition coefficient (Wildman–Crippen LogP) is 2.19. The van der Waals surface area contributed by atoms with Gasteiger partial charge in [-0.05, 0) is 50.6 Å². The van der Waals surface area contributed by atoms with Gasteiger partial charge in [0.2, 0.25) is 5.91 Å². The van der Waals surface area contributed by atoms with E-state index in [9.17, 15) is 4.79 Å². The lowest BCUT2D eigenvalue weighted by atomic mass is 9.98. The van der Waals surface area contributed by atoms with E-state index < -0.39 is 5.91 Å². The first-order valence-corrected chi connectivity index (χ1v) is 6.96. The highest BCUT2D eigenvalue weighted by atomic mass is 35.5. The summed E-state index contributed by atoms with van der Waals surface area (Å²) in [5.41, 5.74) is 6.55. The van der Waals surface area contributed by atoms with Crippen molar-refractivity contribution in [2.24, 2.45) is 11.7 Å². The maximum atomic E-state index is 11.2. The summed E-state index contributed by atoms with van der Waals surface area (Å²) >= 11 is 5.92. The Bertz CT molecular complexity index is 464. The molecule has 1 aliphatic rings. The molecule has 1 aliphatic heterocycles. The first kappa shape index (κ1) is 14.2. The molecule has 0 aromatic heterocycles. The summed E-state index contributed by atoms with van der Waals surface area (Å²) in [7, 11) is 2.15. The standard InChI is InChI=1S/C14H20ClN3O/c1-18-6-2-3-10(9-18)8-17-11-4-5-13(15)12(7-11)14(16)19/h4-5,7,10,17H,2-3,6,8-9H2,1H3,(H2,16,19). The van der Waals surface area contributed by atoms with E-state index in [0.717, 1.165) is 18.8 Å². The number of nitrogens with two attached hydrogens (primary N) is 1. The van der Waals surface area contributed by atoms with Crippen LogP contribution in [0.4, 0.5) is 5.69 Å². The molecule has 1 aromatic rings. The zero-order valence-electron chi connectivity index (χ0n) is 11.2. The molecule has 19 heavy (non-hydrogen) atoms. The number of anilines is 1. The first-order chi connectivity index (χ1) is 9.06. The van der Waals surface area contributed by atoms with Crippen molar-refractivity contribution in [3.05, 3.63) is 28.8 Å². The summed E-state index contributed by atoms with van der Waals surface area (Å²) in [6.45, 7) is 3.21. The second-order valence-corrected chi connectivity index (χ2v) is 5.62. The minimum atomic E-state index is -0.494. The molecular weight excluding hydrogens is 262 g/mol. The van der Waals surface area contributed by atoms with Crippen molar-refractivity contribution in [3.8, 4) is 0 Å². The smallest absolute Gasteiger partial charge is 0.250 e. The van der Waals surface area contributed by atoms with Crippen LogP contribution in [-0.2, 0) is 0 Å². The number of rotatable bonds is 4. The molecule has 1 aromatic carbocycles. The van der Waals surface area contributed by atoms with Gasteiger partial charge in [-0.15, -0.1) is 0 Å². The van der Waals surface area contributed by atoms with E-state index in [1.807, 2.05) is 6.07 Å². The fourth-order valence-corrected chi connectivity index (χ4v) is 2.74. The number of piperidine rings is 1. The lowest BCUT2D eigenvalue weighted by molar-refractivity contribution is 0.100. The number of carbonyl (C=O) groups excluding carboxylic acids is 1. The van der Waals surface area contributed by atoms with Gasteiger partial charge >= 0.3 is 0 Å². The third-order valence-electron chi connectivity index (χ3n) is 3.55. The van der Waals surface area contributed by atoms with Crippen molar-refractivity contribution in [1.82, 2.24) is 4.90 Å². The number of benzene rings is 1. The van der Waals surface area contributed by atoms with E-state index in [-0.39, 0.29) is 0 Å². The predicted molar refractivity (Wildman–Crippen MR) is 78.7 cm³/mol. The van der Waals surface area contributed by atoms with Gasteiger partial charge in [0.1, 0.15) is 0 Å². The highest BCUT2D eigenvalue weighted by Crippen LogP contribution is 2.21. The van der Waals surface area contributed by atoms with Crippen LogP contribution in [0.1, 0.15) is 23.2 Å². The molecule has 1 unspecified atom stereocenters. The first-order valence-electron chi connectivity index (χ1n) is 6.58. The minimum absolute atomic E-state index is 0.368. The van der Waals surface area contributed by atoms with Crippen LogP contribution in [0, 0.1) is 5.92 Å². The van der Waals surface area contributed by atoms with E-state index in [0.29, 0.717) is 16.5 Å². The van der Waals surface area contributed by atoms with Crippen LogP contribution in [-0.4, -0.2) is 37.5 Å². The highest BCUT2D eigenvalue weighted by Gasteiger charge is 2.17. The van der Waals surface area contributed by atoms with E-state index >= 15 is 0 Å². The quantitative estimate of drug-likeness (QED) is 0.889. The third-order valence-corrected chi connectivity index (χ3v) is 3.88. The average Bonchev–Trinajstić information content (AvgIpc) is 2.37. The molecule has 1 heterocycles. The fourth-order valence-electron chi connectivity index (χ4n) is 2.53. The number of nitrogens with one attached hydrogen (secondary N) is 1. The molecule has 0 spiro atoms. The topological polar surface area (TPSA) is 58.4 Å². The molecule has 1 saturated heterocycles. The Hall–Kier alpha value is -1.26. The van der Waals surface area contributed by atoms with Gasteiger partial charge < -0.3 is 16.0 Å². The molecule has 0 aliphatic carbocycles. The number of hydrogen-bond acceptors (Lipinski definition) is 3. The molecule has 0 bridgehead atoms. The molecule has 4 nitrogen and oxygen atoms in total. The van der Waals surface area contributed by atoms with Gasteiger partial charge in [0.05, 0.1) is 10.6 Å². The molecule has 5 heteroatoms. The Morgan fingerprint density at radius 2 is 2.37 bits per heavy atom. The lowest BCUT2D eigenvalue weighted by Crippen LogP contribution is -2.35. The van der Waals surface area contributed by atoms with Crippen LogP contribution in [0.25, 0.3) is 0 Å². The van der Waals surface area contributed by atoms with Crippen molar-refractivity contribution in [2.75, 3.05) is 32.0 Å². The number of carbonyl (C=O) groups is 1. The monoisotopic (exact) mass is 281 g/mol. The van der Waals surface area contributed by atoms with E-state index in [2.05, 4.69) is 17.3 Å². The zero-order chi connectivity index (χ0) is 13.8. The largest absolute Gasteiger partial charge is 0.385 e. The number of nitrogens with zero attached hydrogens (tertiary/aromatic N) is 1. The van der Waals surface area contributed by atoms with Gasteiger partial charge in [-0.25, -0.2) is 0 Å². The maximum Gasteiger partial charge on any atom is 0.250 e. The molecular formula is C14H20ClN3O. The summed E-state index contributed by atoms with van der Waals surface area (Å²) in [5, 5.41) is 3.76. The number of halogens is 1. The molecule has 1 amide bonds. The van der Waals surface area contributed by atoms with Gasteiger partial charge in [0.15, 0.2) is 0 Å². The molecule has 1 fully saturated rings. The Balaban J connectivity index is 1.96. The van der Waals surface area contributed by atoms with E-state index in [1.165, 1.54) is 19.4 Å². The number of hydrogen-bond donors (Lipinski definition) is 2. The van der Waals surface area contributed by atoms with Gasteiger partial charge in [0.25, 0.3) is 0 Å². The third kappa shape index (κ3) is 3.85. The molecule has 2 rings (SSSR count). The summed E-state index contributed by atoms with van der Waals surface area (Å²) < 4.78 is 0. The Labute approximate surface area is 118 Å². The van der Waals surface area contributed by atoms with Crippen molar-refractivity contribution >= 4 is 23.2 Å². The molecule has 3 N–H and O–H groups in total. The van der Waals surface area contributed by atoms with E-state index in [1.54, 1.807) is 12.1 Å². The Kier molecular flexibility index (Phi) is 4.66. The highest BCUT2D eigenvalue weighted by molar-refractivity contribution is 6.33. The Morgan fingerprint density at radius 1 is 1.58 bits per heavy atom. The van der Waals surface area contributed by atoms with Gasteiger partial charge in [-0.3, -0.25) is 4.79 Å². The fraction of sp³-hybridized carbons (Fsp3) is 0.500. The normalized spacial score (nSPS) is 20.2. The zero-order valence-corrected chi connectivity index (χ0v) is 11.9. The summed E-state index contributed by atoms with van der Waals surface area (Å²) in [6, 6.07) is 5.30. The van der Waals surface area contributed by atoms with Crippen molar-refractivity contribution in [1.29, 1.82) is 0 Å². The van der Waals surface area contributed by atoms with Crippen LogP contribution in [0.15, 0.2) is 18.2 Å². The molecule has 0 radical (unpaired) electrons. The van der Waals surface area contributed by atoms with Crippen LogP contribution in [0.5, 0.6) is 0 Å². The van der Waals surface area contributed by atoms with Crippen LogP contribution < -0.4 is 11.1 Å². The van der Waals surface area contributed by atoms with Crippen LogP contribution in [0.3, 0.4) is 0 Å². The molecule has 0 saturated carbocycles. The summed E-state index contributed by atoms with van der Waals surface area (Å²) in [4.78, 5) is 13.6. The van der Waals surface area contributed by atoms with Gasteiger partial charge in [0, 0.05) is 18.8 Å². The molecule has 104 valence electrons. The van der Waals surface area contributed by atoms with Gasteiger partial charge in [-0.1, -0.05) is 11.6 Å². The molecule has 1 atom stereocenters. The van der Waals surface area contributed by atoms with Crippen molar-refractivity contribution in [2.45, 2.75) is 12.8 Å². The van der Waals surface area contributed by atoms with Crippen LogP contribution >= 0.6 is 11.6 Å². The summed E-state index contributed by atoms with van der Waals surface area (Å²) in [6.07, 6.45) is 2.49. The second kappa shape index (κ2) is 6.26. The van der Waals surface area contributed by atoms with Crippen molar-refractivity contribution < 1.29 is 4.79 Å². The van der Waals surface area contributed by atoms with Gasteiger partial charge in [-0.2, -0.15) is 0 Å². The van der Waals surface area contributed by atoms with Crippen molar-refractivity contribution in [3.63, 3.8) is 0 Å². The van der Waals surface area contributed by atoms with Crippen LogP contribution in [0.2, 0.25) is 5.02 Å². The SMILES string of the molecule is CN1CCCC(CNc2ccc(Cl)c(C(N)=O)c2)C1. The summed E-state index contributed by atoms with van der Waals surface area (Å²) in [5.74, 6) is 0.150. The van der Waals surface area contributed by atoms with E-state index in [4.69, 9.17) is 17.3 Å². The maximum absolute atomic E-state index is 11.2. The number of likely N-dealkylation sites (tertiary alicyclic amines) is 1. The lowest BCUT2D eigenvalue weighted by Gasteiger charge is -2.30. The minimum Gasteiger partial charge on any atom is -0.385 e. The average molecular weight is 282 g/mol.